The van der Waals surface area contributed by atoms with Crippen molar-refractivity contribution >= 4 is 32.0 Å². The molecule has 0 aliphatic heterocycles. The fourth-order valence-corrected chi connectivity index (χ4v) is 1.62. The van der Waals surface area contributed by atoms with Gasteiger partial charge in [-0.05, 0) is 11.6 Å². The van der Waals surface area contributed by atoms with E-state index in [-0.39, 0.29) is 0 Å². The molecule has 1 aromatic rings. The largest absolute Gasteiger partial charge is 0.274 e. The molecule has 0 unspecified atom stereocenters. The molecule has 0 bridgehead atoms. The average molecular weight is 217 g/mol. The molecule has 0 atom stereocenters. The second-order valence-corrected chi connectivity index (χ2v) is 3.42. The molecule has 68 valence electrons. The van der Waals surface area contributed by atoms with Crippen LogP contribution in [0.25, 0.3) is 0 Å². The third-order valence-corrected chi connectivity index (χ3v) is 2.44. The monoisotopic (exact) mass is 216 g/mol. The van der Waals surface area contributed by atoms with E-state index in [1.165, 1.54) is 12.1 Å². The lowest BCUT2D eigenvalue weighted by Crippen LogP contribution is -2.10. The molecule has 0 aliphatic rings. The Kier molecular flexibility index (Phi) is 3.22. The zero-order valence-electron chi connectivity index (χ0n) is 6.40. The van der Waals surface area contributed by atoms with Crippen molar-refractivity contribution in [2.75, 3.05) is 0 Å². The first-order valence-electron chi connectivity index (χ1n) is 3.34. The third kappa shape index (κ3) is 2.40. The summed E-state index contributed by atoms with van der Waals surface area (Å²) in [5, 5.41) is -0.973. The summed E-state index contributed by atoms with van der Waals surface area (Å²) in [6.45, 7) is 0. The van der Waals surface area contributed by atoms with Gasteiger partial charge in [-0.25, -0.2) is 0 Å². The second kappa shape index (κ2) is 4.20. The molecule has 0 N–H and O–H groups in total. The quantitative estimate of drug-likeness (QED) is 0.419. The van der Waals surface area contributed by atoms with Gasteiger partial charge in [0, 0.05) is 5.56 Å². The lowest BCUT2D eigenvalue weighted by molar-refractivity contribution is -0.106. The van der Waals surface area contributed by atoms with Gasteiger partial charge in [0.05, 0.1) is 0 Å². The molecule has 3 nitrogen and oxygen atoms in total. The summed E-state index contributed by atoms with van der Waals surface area (Å²) in [4.78, 5) is 10.3. The van der Waals surface area contributed by atoms with E-state index in [4.69, 9.17) is 11.6 Å². The van der Waals surface area contributed by atoms with E-state index >= 15 is 0 Å². The van der Waals surface area contributed by atoms with Crippen molar-refractivity contribution in [3.05, 3.63) is 35.9 Å². The summed E-state index contributed by atoms with van der Waals surface area (Å²) < 4.78 is 21.2. The lowest BCUT2D eigenvalue weighted by Gasteiger charge is -1.94. The Morgan fingerprint density at radius 1 is 1.15 bits per heavy atom. The highest BCUT2D eigenvalue weighted by Crippen LogP contribution is 2.02. The highest BCUT2D eigenvalue weighted by molar-refractivity contribution is 7.76. The minimum atomic E-state index is -2.60. The van der Waals surface area contributed by atoms with Gasteiger partial charge in [0.15, 0.2) is 4.86 Å². The third-order valence-electron chi connectivity index (χ3n) is 1.38. The molecule has 0 saturated carbocycles. The van der Waals surface area contributed by atoms with Gasteiger partial charge in [-0.3, -0.25) is 4.79 Å². The van der Waals surface area contributed by atoms with E-state index in [2.05, 4.69) is 0 Å². The van der Waals surface area contributed by atoms with Crippen molar-refractivity contribution in [2.45, 2.75) is 0 Å². The maximum Gasteiger partial charge on any atom is 0.268 e. The number of hydrogen-bond donors (Lipinski definition) is 0. The number of carbonyl (C=O) groups is 1. The Morgan fingerprint density at radius 2 is 1.69 bits per heavy atom. The fraction of sp³-hybridized carbons (Fsp3) is 0. The lowest BCUT2D eigenvalue weighted by atomic mass is 10.2. The molecule has 0 fully saturated rings. The first-order chi connectivity index (χ1) is 6.13. The maximum absolute atomic E-state index is 10.7. The summed E-state index contributed by atoms with van der Waals surface area (Å²) >= 11 is 5.10. The maximum atomic E-state index is 10.7. The molecule has 0 aromatic heterocycles. The van der Waals surface area contributed by atoms with E-state index in [1.54, 1.807) is 18.2 Å². The summed E-state index contributed by atoms with van der Waals surface area (Å²) in [5.74, 6) is 0. The van der Waals surface area contributed by atoms with Gasteiger partial charge < -0.3 is 0 Å². The van der Waals surface area contributed by atoms with Gasteiger partial charge in [0.1, 0.15) is 0 Å². The Hall–Kier alpha value is -1.13. The first-order valence-corrected chi connectivity index (χ1v) is 4.79. The molecular weight excluding hydrogens is 212 g/mol. The van der Waals surface area contributed by atoms with Gasteiger partial charge in [-0.15, -0.1) is 0 Å². The van der Waals surface area contributed by atoms with Gasteiger partial charge >= 0.3 is 0 Å². The van der Waals surface area contributed by atoms with Crippen LogP contribution >= 0.6 is 11.6 Å². The summed E-state index contributed by atoms with van der Waals surface area (Å²) in [6, 6.07) is 7.98. The fourth-order valence-electron chi connectivity index (χ4n) is 0.865. The summed E-state index contributed by atoms with van der Waals surface area (Å²) in [5.41, 5.74) is 0.302. The molecule has 0 heterocycles. The zero-order valence-corrected chi connectivity index (χ0v) is 7.97. The van der Waals surface area contributed by atoms with Gasteiger partial charge in [-0.1, -0.05) is 30.3 Å². The molecule has 0 aliphatic carbocycles. The van der Waals surface area contributed by atoms with Crippen molar-refractivity contribution in [3.8, 4) is 0 Å². The molecule has 0 amide bonds. The molecule has 0 saturated heterocycles. The predicted molar refractivity (Wildman–Crippen MR) is 50.3 cm³/mol. The van der Waals surface area contributed by atoms with Crippen LogP contribution < -0.4 is 0 Å². The molecule has 0 radical (unpaired) electrons. The number of hydrogen-bond acceptors (Lipinski definition) is 3. The normalized spacial score (nSPS) is 9.31. The Balaban J connectivity index is 3.38. The van der Waals surface area contributed by atoms with Gasteiger partial charge in [-0.2, -0.15) is 8.42 Å². The molecule has 1 aromatic carbocycles. The van der Waals surface area contributed by atoms with E-state index in [1.807, 2.05) is 0 Å². The smallest absolute Gasteiger partial charge is 0.268 e. The molecule has 1 rings (SSSR count). The Morgan fingerprint density at radius 3 is 2.08 bits per heavy atom. The molecule has 5 heteroatoms. The predicted octanol–water partition coefficient (Wildman–Crippen LogP) is 0.852. The van der Waals surface area contributed by atoms with Crippen LogP contribution in [-0.2, 0) is 15.1 Å². The number of halogens is 1. The highest BCUT2D eigenvalue weighted by Gasteiger charge is 2.12. The Bertz CT molecular complexity index is 440. The summed E-state index contributed by atoms with van der Waals surface area (Å²) in [6.07, 6.45) is 0. The van der Waals surface area contributed by atoms with E-state index < -0.39 is 20.4 Å². The van der Waals surface area contributed by atoms with Crippen LogP contribution in [0.3, 0.4) is 0 Å². The van der Waals surface area contributed by atoms with Crippen molar-refractivity contribution in [1.82, 2.24) is 0 Å². The first kappa shape index (κ1) is 9.95. The van der Waals surface area contributed by atoms with E-state index in [0.29, 0.717) is 5.56 Å². The van der Waals surface area contributed by atoms with Gasteiger partial charge in [0.2, 0.25) is 10.3 Å². The molecular formula is C8H5ClO3S. The van der Waals surface area contributed by atoms with Crippen molar-refractivity contribution in [1.29, 1.82) is 0 Å². The molecule has 0 spiro atoms. The topological polar surface area (TPSA) is 51.2 Å². The van der Waals surface area contributed by atoms with Crippen LogP contribution in [0.15, 0.2) is 30.3 Å². The van der Waals surface area contributed by atoms with Crippen molar-refractivity contribution < 1.29 is 13.2 Å². The highest BCUT2D eigenvalue weighted by atomic mass is 35.5. The standard InChI is InChI=1S/C8H5ClO3S/c9-8(10)7(13(11)12)6-4-2-1-3-5-6/h1-5H. The minimum absolute atomic E-state index is 0.302. The van der Waals surface area contributed by atoms with Crippen LogP contribution in [0.5, 0.6) is 0 Å². The van der Waals surface area contributed by atoms with Gasteiger partial charge in [0.25, 0.3) is 5.24 Å². The number of carbonyl (C=O) groups excluding carboxylic acids is 1. The van der Waals surface area contributed by atoms with Crippen molar-refractivity contribution in [3.63, 3.8) is 0 Å². The van der Waals surface area contributed by atoms with Crippen LogP contribution in [-0.4, -0.2) is 18.5 Å². The zero-order chi connectivity index (χ0) is 9.84. The Labute approximate surface area is 81.5 Å². The van der Waals surface area contributed by atoms with Crippen LogP contribution in [0, 0.1) is 0 Å². The number of benzene rings is 1. The SMILES string of the molecule is O=C(Cl)C(c1ccccc1)=S(=O)=O. The van der Waals surface area contributed by atoms with E-state index in [0.717, 1.165) is 0 Å². The minimum Gasteiger partial charge on any atom is -0.274 e. The number of rotatable bonds is 2. The van der Waals surface area contributed by atoms with Crippen LogP contribution in [0.1, 0.15) is 5.56 Å². The summed E-state index contributed by atoms with van der Waals surface area (Å²) in [7, 11) is -2.60. The average Bonchev–Trinajstić information content (AvgIpc) is 2.04. The van der Waals surface area contributed by atoms with Crippen LogP contribution in [0.4, 0.5) is 0 Å². The molecule has 13 heavy (non-hydrogen) atoms. The van der Waals surface area contributed by atoms with E-state index in [9.17, 15) is 13.2 Å². The van der Waals surface area contributed by atoms with Crippen LogP contribution in [0.2, 0.25) is 0 Å². The van der Waals surface area contributed by atoms with Crippen molar-refractivity contribution in [2.24, 2.45) is 0 Å². The second-order valence-electron chi connectivity index (χ2n) is 2.20.